The lowest BCUT2D eigenvalue weighted by Gasteiger charge is -2.36. The van der Waals surface area contributed by atoms with Crippen molar-refractivity contribution in [3.63, 3.8) is 0 Å². The van der Waals surface area contributed by atoms with Crippen LogP contribution in [0.5, 0.6) is 0 Å². The van der Waals surface area contributed by atoms with Crippen LogP contribution in [-0.4, -0.2) is 29.5 Å². The van der Waals surface area contributed by atoms with Crippen LogP contribution in [0.3, 0.4) is 0 Å². The zero-order valence-corrected chi connectivity index (χ0v) is 16.3. The van der Waals surface area contributed by atoms with E-state index in [-0.39, 0.29) is 35.7 Å². The van der Waals surface area contributed by atoms with Gasteiger partial charge in [0.15, 0.2) is 0 Å². The van der Waals surface area contributed by atoms with Gasteiger partial charge in [-0.25, -0.2) is 13.2 Å². The molecular formula is C23H22F3N3O. The summed E-state index contributed by atoms with van der Waals surface area (Å²) in [6.07, 6.45) is 3.63. The van der Waals surface area contributed by atoms with E-state index in [1.54, 1.807) is 12.1 Å². The second-order valence-electron chi connectivity index (χ2n) is 8.32. The predicted molar refractivity (Wildman–Crippen MR) is 109 cm³/mol. The van der Waals surface area contributed by atoms with Gasteiger partial charge in [0, 0.05) is 23.5 Å². The van der Waals surface area contributed by atoms with Crippen molar-refractivity contribution in [1.82, 2.24) is 15.6 Å². The van der Waals surface area contributed by atoms with E-state index >= 15 is 0 Å². The van der Waals surface area contributed by atoms with Crippen molar-refractivity contribution in [3.8, 4) is 11.3 Å². The number of amides is 1. The standard InChI is InChI=1S/C23H22F3N3O/c24-14-3-1-12(2-4-14)22-21(18-9-15(25)10-19(26)23(18)29-22)13-7-17(8-13)27-11-20(30)28-16-5-6-16/h1-4,9-10,13,16-17,27,29H,5-8,11H2,(H,28,30). The molecule has 0 bridgehead atoms. The molecule has 2 aliphatic carbocycles. The molecule has 1 heterocycles. The van der Waals surface area contributed by atoms with Crippen molar-refractivity contribution in [2.45, 2.75) is 43.7 Å². The van der Waals surface area contributed by atoms with E-state index in [1.807, 2.05) is 0 Å². The van der Waals surface area contributed by atoms with Crippen molar-refractivity contribution in [2.75, 3.05) is 6.54 Å². The van der Waals surface area contributed by atoms with Crippen LogP contribution >= 0.6 is 0 Å². The Morgan fingerprint density at radius 3 is 2.43 bits per heavy atom. The van der Waals surface area contributed by atoms with E-state index in [9.17, 15) is 18.0 Å². The average molecular weight is 413 g/mol. The number of halogens is 3. The Labute approximate surface area is 171 Å². The number of aromatic amines is 1. The Kier molecular flexibility index (Phi) is 4.77. The van der Waals surface area contributed by atoms with E-state index in [0.717, 1.165) is 42.9 Å². The zero-order chi connectivity index (χ0) is 20.8. The van der Waals surface area contributed by atoms with E-state index in [4.69, 9.17) is 0 Å². The number of benzene rings is 2. The lowest BCUT2D eigenvalue weighted by atomic mass is 9.74. The maximum absolute atomic E-state index is 14.4. The van der Waals surface area contributed by atoms with Crippen LogP contribution in [0, 0.1) is 17.5 Å². The van der Waals surface area contributed by atoms with Gasteiger partial charge in [-0.3, -0.25) is 4.79 Å². The summed E-state index contributed by atoms with van der Waals surface area (Å²) in [7, 11) is 0. The van der Waals surface area contributed by atoms with E-state index in [1.165, 1.54) is 18.2 Å². The monoisotopic (exact) mass is 413 g/mol. The van der Waals surface area contributed by atoms with Crippen LogP contribution in [0.4, 0.5) is 13.2 Å². The first-order chi connectivity index (χ1) is 14.5. The maximum Gasteiger partial charge on any atom is 0.234 e. The molecule has 0 unspecified atom stereocenters. The molecular weight excluding hydrogens is 391 g/mol. The fourth-order valence-electron chi connectivity index (χ4n) is 4.27. The molecule has 5 rings (SSSR count). The van der Waals surface area contributed by atoms with Crippen molar-refractivity contribution < 1.29 is 18.0 Å². The second kappa shape index (κ2) is 7.47. The minimum Gasteiger partial charge on any atom is -0.352 e. The minimum absolute atomic E-state index is 0.00388. The molecule has 2 aromatic carbocycles. The molecule has 4 nitrogen and oxygen atoms in total. The molecule has 0 spiro atoms. The van der Waals surface area contributed by atoms with Gasteiger partial charge in [-0.15, -0.1) is 0 Å². The average Bonchev–Trinajstić information content (AvgIpc) is 3.40. The van der Waals surface area contributed by atoms with Gasteiger partial charge in [-0.1, -0.05) is 0 Å². The van der Waals surface area contributed by atoms with E-state index in [2.05, 4.69) is 15.6 Å². The van der Waals surface area contributed by atoms with Crippen LogP contribution in [0.1, 0.15) is 37.2 Å². The second-order valence-corrected chi connectivity index (χ2v) is 8.32. The fraction of sp³-hybridized carbons (Fsp3) is 0.348. The molecule has 1 amide bonds. The normalized spacial score (nSPS) is 20.9. The molecule has 3 aromatic rings. The fourth-order valence-corrected chi connectivity index (χ4v) is 4.27. The summed E-state index contributed by atoms with van der Waals surface area (Å²) in [5, 5.41) is 6.72. The highest BCUT2D eigenvalue weighted by Gasteiger charge is 2.35. The zero-order valence-electron chi connectivity index (χ0n) is 16.3. The molecule has 0 atom stereocenters. The SMILES string of the molecule is O=C(CNC1CC(c2c(-c3ccc(F)cc3)[nH]c3c(F)cc(F)cc23)C1)NC1CC1. The molecule has 2 fully saturated rings. The molecule has 156 valence electrons. The van der Waals surface area contributed by atoms with Gasteiger partial charge >= 0.3 is 0 Å². The number of H-pyrrole nitrogens is 1. The smallest absolute Gasteiger partial charge is 0.234 e. The van der Waals surface area contributed by atoms with Gasteiger partial charge in [0.1, 0.15) is 17.5 Å². The number of carbonyl (C=O) groups excluding carboxylic acids is 1. The molecule has 2 saturated carbocycles. The summed E-state index contributed by atoms with van der Waals surface area (Å²) in [5.41, 5.74) is 2.51. The Balaban J connectivity index is 1.39. The number of hydrogen-bond acceptors (Lipinski definition) is 2. The molecule has 0 radical (unpaired) electrons. The third-order valence-corrected chi connectivity index (χ3v) is 6.04. The molecule has 3 N–H and O–H groups in total. The molecule has 0 saturated heterocycles. The topological polar surface area (TPSA) is 56.9 Å². The van der Waals surface area contributed by atoms with Crippen molar-refractivity contribution >= 4 is 16.8 Å². The minimum atomic E-state index is -0.648. The first-order valence-corrected chi connectivity index (χ1v) is 10.3. The quantitative estimate of drug-likeness (QED) is 0.562. The summed E-state index contributed by atoms with van der Waals surface area (Å²) < 4.78 is 41.8. The van der Waals surface area contributed by atoms with Gasteiger partial charge in [-0.05, 0) is 73.1 Å². The molecule has 1 aromatic heterocycles. The molecule has 7 heteroatoms. The first-order valence-electron chi connectivity index (χ1n) is 10.3. The lowest BCUT2D eigenvalue weighted by Crippen LogP contribution is -2.45. The largest absolute Gasteiger partial charge is 0.352 e. The van der Waals surface area contributed by atoms with Gasteiger partial charge in [-0.2, -0.15) is 0 Å². The van der Waals surface area contributed by atoms with Crippen LogP contribution in [0.15, 0.2) is 36.4 Å². The maximum atomic E-state index is 14.4. The Hall–Kier alpha value is -2.80. The Morgan fingerprint density at radius 1 is 1.00 bits per heavy atom. The number of aromatic nitrogens is 1. The highest BCUT2D eigenvalue weighted by atomic mass is 19.1. The van der Waals surface area contributed by atoms with Crippen LogP contribution < -0.4 is 10.6 Å². The lowest BCUT2D eigenvalue weighted by molar-refractivity contribution is -0.120. The Morgan fingerprint density at radius 2 is 1.73 bits per heavy atom. The summed E-state index contributed by atoms with van der Waals surface area (Å²) in [4.78, 5) is 15.0. The van der Waals surface area contributed by atoms with Gasteiger partial charge in [0.25, 0.3) is 0 Å². The highest BCUT2D eigenvalue weighted by molar-refractivity contribution is 5.92. The van der Waals surface area contributed by atoms with Crippen LogP contribution in [0.2, 0.25) is 0 Å². The molecule has 0 aliphatic heterocycles. The first kappa shape index (κ1) is 19.2. The number of rotatable bonds is 6. The van der Waals surface area contributed by atoms with Gasteiger partial charge in [0.05, 0.1) is 17.8 Å². The summed E-state index contributed by atoms with van der Waals surface area (Å²) in [6, 6.07) is 8.69. The van der Waals surface area contributed by atoms with Crippen molar-refractivity contribution in [3.05, 3.63) is 59.4 Å². The van der Waals surface area contributed by atoms with Crippen LogP contribution in [-0.2, 0) is 4.79 Å². The molecule has 30 heavy (non-hydrogen) atoms. The van der Waals surface area contributed by atoms with Gasteiger partial charge in [0.2, 0.25) is 5.91 Å². The predicted octanol–water partition coefficient (Wildman–Crippen LogP) is 4.37. The summed E-state index contributed by atoms with van der Waals surface area (Å²) in [6.45, 7) is 0.274. The summed E-state index contributed by atoms with van der Waals surface area (Å²) >= 11 is 0. The summed E-state index contributed by atoms with van der Waals surface area (Å²) in [5.74, 6) is -1.54. The van der Waals surface area contributed by atoms with Crippen molar-refractivity contribution in [2.24, 2.45) is 0 Å². The Bertz CT molecular complexity index is 1100. The van der Waals surface area contributed by atoms with E-state index in [0.29, 0.717) is 17.1 Å². The highest BCUT2D eigenvalue weighted by Crippen LogP contribution is 2.45. The number of fused-ring (bicyclic) bond motifs is 1. The number of carbonyl (C=O) groups is 1. The molecule has 2 aliphatic rings. The number of nitrogens with one attached hydrogen (secondary N) is 3. The van der Waals surface area contributed by atoms with E-state index < -0.39 is 11.6 Å². The number of hydrogen-bond donors (Lipinski definition) is 3. The third-order valence-electron chi connectivity index (χ3n) is 6.04. The van der Waals surface area contributed by atoms with Gasteiger partial charge < -0.3 is 15.6 Å². The third kappa shape index (κ3) is 3.69. The van der Waals surface area contributed by atoms with Crippen molar-refractivity contribution in [1.29, 1.82) is 0 Å². The van der Waals surface area contributed by atoms with Crippen LogP contribution in [0.25, 0.3) is 22.2 Å².